The average molecular weight is 707 g/mol. The zero-order valence-corrected chi connectivity index (χ0v) is 35.5. The van der Waals surface area contributed by atoms with Gasteiger partial charge >= 0.3 is 0 Å². The standard InChI is InChI=1S/C51H78O/c1-41(2)21-13-22-42(3)23-14-24-43(4)25-15-26-44(5)27-16-28-45(6)29-17-30-46(7)31-18-32-47(8)33-19-34-48(9)35-20-36-49(10)39-40-50-37-11-12-38-51(50)52/h11-12,21,23,25,27,29,31,33,35,37-39,52H,13-20,22,24,26,28,30,32,34,36,40H2,1-10H3/b42-23+,43-25+,44-27+,45-29+,46-31+,47-33+,48-35+,49-39+. The molecule has 0 aromatic heterocycles. The molecule has 0 fully saturated rings. The molecule has 1 aromatic rings. The molecule has 0 aliphatic heterocycles. The van der Waals surface area contributed by atoms with Crippen LogP contribution in [0, 0.1) is 0 Å². The SMILES string of the molecule is CC(C)=CCC/C(C)=C/CC/C(C)=C/CC/C(C)=C/CC/C(C)=C/CC/C(C)=C/CC/C(C)=C/CC/C(C)=C/CC/C(C)=C/Cc1ccccc1O. The fraction of sp³-hybridized carbons (Fsp3) is 0.529. The zero-order valence-electron chi connectivity index (χ0n) is 35.5. The number of phenols is 1. The van der Waals surface area contributed by atoms with Gasteiger partial charge in [-0.2, -0.15) is 0 Å². The lowest BCUT2D eigenvalue weighted by atomic mass is 10.0. The molecule has 1 rings (SSSR count). The van der Waals surface area contributed by atoms with E-state index in [9.17, 15) is 5.11 Å². The minimum Gasteiger partial charge on any atom is -0.508 e. The molecule has 0 amide bonds. The quantitative estimate of drug-likeness (QED) is 0.0951. The molecular formula is C51H78O. The van der Waals surface area contributed by atoms with E-state index in [0.717, 1.165) is 69.8 Å². The van der Waals surface area contributed by atoms with Crippen molar-refractivity contribution >= 4 is 0 Å². The van der Waals surface area contributed by atoms with Gasteiger partial charge in [-0.15, -0.1) is 0 Å². The van der Waals surface area contributed by atoms with Crippen molar-refractivity contribution in [2.75, 3.05) is 0 Å². The van der Waals surface area contributed by atoms with Gasteiger partial charge in [-0.25, -0.2) is 0 Å². The smallest absolute Gasteiger partial charge is 0.119 e. The van der Waals surface area contributed by atoms with Crippen molar-refractivity contribution in [3.63, 3.8) is 0 Å². The number of rotatable bonds is 26. The summed E-state index contributed by atoms with van der Waals surface area (Å²) >= 11 is 0. The summed E-state index contributed by atoms with van der Waals surface area (Å²) in [6, 6.07) is 7.61. The summed E-state index contributed by atoms with van der Waals surface area (Å²) in [5.74, 6) is 0.389. The maximum atomic E-state index is 9.96. The van der Waals surface area contributed by atoms with Crippen LogP contribution in [0.4, 0.5) is 0 Å². The fourth-order valence-corrected chi connectivity index (χ4v) is 6.20. The highest BCUT2D eigenvalue weighted by Crippen LogP contribution is 2.20. The number of phenolic OH excluding ortho intramolecular Hbond substituents is 1. The first-order chi connectivity index (χ1) is 24.8. The van der Waals surface area contributed by atoms with E-state index in [1.807, 2.05) is 18.2 Å². The Morgan fingerprint density at radius 3 is 0.885 bits per heavy atom. The van der Waals surface area contributed by atoms with Gasteiger partial charge in [-0.3, -0.25) is 0 Å². The molecule has 1 heteroatoms. The summed E-state index contributed by atoms with van der Waals surface area (Å²) in [5.41, 5.74) is 14.4. The molecule has 0 atom stereocenters. The molecule has 0 bridgehead atoms. The Balaban J connectivity index is 2.23. The molecule has 0 unspecified atom stereocenters. The van der Waals surface area contributed by atoms with E-state index in [0.29, 0.717) is 5.75 Å². The van der Waals surface area contributed by atoms with Gasteiger partial charge in [0.25, 0.3) is 0 Å². The minimum absolute atomic E-state index is 0.389. The number of hydrogen-bond acceptors (Lipinski definition) is 1. The van der Waals surface area contributed by atoms with Gasteiger partial charge in [-0.05, 0) is 190 Å². The number of allylic oxidation sites excluding steroid dienone is 18. The Morgan fingerprint density at radius 1 is 0.365 bits per heavy atom. The molecule has 0 radical (unpaired) electrons. The second kappa shape index (κ2) is 29.2. The molecule has 0 aliphatic rings. The van der Waals surface area contributed by atoms with E-state index < -0.39 is 0 Å². The lowest BCUT2D eigenvalue weighted by Crippen LogP contribution is -1.85. The summed E-state index contributed by atoms with van der Waals surface area (Å²) in [5, 5.41) is 9.96. The van der Waals surface area contributed by atoms with Crippen LogP contribution in [-0.4, -0.2) is 5.11 Å². The number of hydrogen-bond donors (Lipinski definition) is 1. The van der Waals surface area contributed by atoms with Crippen LogP contribution in [0.3, 0.4) is 0 Å². The van der Waals surface area contributed by atoms with Crippen LogP contribution < -0.4 is 0 Å². The third kappa shape index (κ3) is 26.5. The van der Waals surface area contributed by atoms with Gasteiger partial charge in [0.15, 0.2) is 0 Å². The molecule has 0 saturated carbocycles. The van der Waals surface area contributed by atoms with E-state index in [1.54, 1.807) is 6.07 Å². The van der Waals surface area contributed by atoms with Crippen LogP contribution in [0.1, 0.15) is 178 Å². The first-order valence-corrected chi connectivity index (χ1v) is 20.5. The normalized spacial score (nSPS) is 14.3. The summed E-state index contributed by atoms with van der Waals surface area (Å²) in [6.45, 7) is 22.6. The first kappa shape index (κ1) is 46.7. The molecule has 0 heterocycles. The highest BCUT2D eigenvalue weighted by Gasteiger charge is 1.99. The van der Waals surface area contributed by atoms with E-state index in [4.69, 9.17) is 0 Å². The van der Waals surface area contributed by atoms with E-state index in [1.165, 1.54) is 95.1 Å². The van der Waals surface area contributed by atoms with Crippen molar-refractivity contribution in [2.45, 2.75) is 178 Å². The summed E-state index contributed by atoms with van der Waals surface area (Å²) in [4.78, 5) is 0. The Bertz CT molecular complexity index is 1440. The van der Waals surface area contributed by atoms with Crippen LogP contribution >= 0.6 is 0 Å². The van der Waals surface area contributed by atoms with E-state index in [2.05, 4.69) is 124 Å². The lowest BCUT2D eigenvalue weighted by Gasteiger charge is -2.04. The molecule has 1 nitrogen and oxygen atoms in total. The number of para-hydroxylation sites is 1. The van der Waals surface area contributed by atoms with Crippen LogP contribution in [-0.2, 0) is 6.42 Å². The topological polar surface area (TPSA) is 20.2 Å². The number of aromatic hydroxyl groups is 1. The highest BCUT2D eigenvalue weighted by atomic mass is 16.3. The Morgan fingerprint density at radius 2 is 0.615 bits per heavy atom. The monoisotopic (exact) mass is 707 g/mol. The lowest BCUT2D eigenvalue weighted by molar-refractivity contribution is 0.469. The molecule has 0 aliphatic carbocycles. The van der Waals surface area contributed by atoms with Gasteiger partial charge in [-0.1, -0.05) is 123 Å². The molecule has 0 spiro atoms. The van der Waals surface area contributed by atoms with Gasteiger partial charge in [0.1, 0.15) is 5.75 Å². The van der Waals surface area contributed by atoms with Crippen LogP contribution in [0.5, 0.6) is 5.75 Å². The van der Waals surface area contributed by atoms with E-state index >= 15 is 0 Å². The Hall–Kier alpha value is -3.32. The third-order valence-electron chi connectivity index (χ3n) is 9.97. The van der Waals surface area contributed by atoms with E-state index in [-0.39, 0.29) is 0 Å². The summed E-state index contributed by atoms with van der Waals surface area (Å²) < 4.78 is 0. The minimum atomic E-state index is 0.389. The summed E-state index contributed by atoms with van der Waals surface area (Å²) in [7, 11) is 0. The largest absolute Gasteiger partial charge is 0.508 e. The molecular weight excluding hydrogens is 629 g/mol. The maximum absolute atomic E-state index is 9.96. The fourth-order valence-electron chi connectivity index (χ4n) is 6.20. The van der Waals surface area contributed by atoms with Crippen LogP contribution in [0.15, 0.2) is 129 Å². The third-order valence-corrected chi connectivity index (χ3v) is 9.97. The highest BCUT2D eigenvalue weighted by molar-refractivity contribution is 5.33. The molecule has 52 heavy (non-hydrogen) atoms. The van der Waals surface area contributed by atoms with Crippen molar-refractivity contribution in [1.29, 1.82) is 0 Å². The van der Waals surface area contributed by atoms with Crippen molar-refractivity contribution < 1.29 is 5.11 Å². The molecule has 288 valence electrons. The zero-order chi connectivity index (χ0) is 38.6. The average Bonchev–Trinajstić information content (AvgIpc) is 3.07. The van der Waals surface area contributed by atoms with Crippen molar-refractivity contribution in [3.8, 4) is 5.75 Å². The van der Waals surface area contributed by atoms with Crippen molar-refractivity contribution in [2.24, 2.45) is 0 Å². The molecule has 1 aromatic carbocycles. The second-order valence-corrected chi connectivity index (χ2v) is 15.8. The Labute approximate surface area is 322 Å². The predicted molar refractivity (Wildman–Crippen MR) is 235 cm³/mol. The van der Waals surface area contributed by atoms with Crippen LogP contribution in [0.2, 0.25) is 0 Å². The van der Waals surface area contributed by atoms with Crippen molar-refractivity contribution in [3.05, 3.63) is 135 Å². The second-order valence-electron chi connectivity index (χ2n) is 15.8. The first-order valence-electron chi connectivity index (χ1n) is 20.5. The predicted octanol–water partition coefficient (Wildman–Crippen LogP) is 16.7. The van der Waals surface area contributed by atoms with Gasteiger partial charge in [0.2, 0.25) is 0 Å². The van der Waals surface area contributed by atoms with Crippen LogP contribution in [0.25, 0.3) is 0 Å². The van der Waals surface area contributed by atoms with Gasteiger partial charge < -0.3 is 5.11 Å². The number of benzene rings is 1. The molecule has 1 N–H and O–H groups in total. The van der Waals surface area contributed by atoms with Gasteiger partial charge in [0.05, 0.1) is 0 Å². The van der Waals surface area contributed by atoms with Crippen molar-refractivity contribution in [1.82, 2.24) is 0 Å². The summed E-state index contributed by atoms with van der Waals surface area (Å²) in [6.07, 6.45) is 40.9. The maximum Gasteiger partial charge on any atom is 0.119 e. The molecule has 0 saturated heterocycles. The van der Waals surface area contributed by atoms with Gasteiger partial charge in [0, 0.05) is 0 Å². The Kier molecular flexibility index (Phi) is 26.2.